The summed E-state index contributed by atoms with van der Waals surface area (Å²) in [4.78, 5) is 15.1. The number of hydrogen-bond donors (Lipinski definition) is 2. The first-order chi connectivity index (χ1) is 7.22. The van der Waals surface area contributed by atoms with Gasteiger partial charge in [0.2, 0.25) is 5.91 Å². The summed E-state index contributed by atoms with van der Waals surface area (Å²) in [7, 11) is 0. The lowest BCUT2D eigenvalue weighted by Crippen LogP contribution is -2.31. The summed E-state index contributed by atoms with van der Waals surface area (Å²) in [5, 5.41) is 15.3. The van der Waals surface area contributed by atoms with Gasteiger partial charge in [0.25, 0.3) is 0 Å². The van der Waals surface area contributed by atoms with Gasteiger partial charge >= 0.3 is 0 Å². The highest BCUT2D eigenvalue weighted by Gasteiger charge is 2.05. The van der Waals surface area contributed by atoms with Crippen molar-refractivity contribution in [3.63, 3.8) is 0 Å². The molecule has 0 aromatic carbocycles. The summed E-state index contributed by atoms with van der Waals surface area (Å²) in [6.45, 7) is 2.89. The van der Waals surface area contributed by atoms with E-state index in [1.807, 2.05) is 6.92 Å². The van der Waals surface area contributed by atoms with Crippen LogP contribution in [0.2, 0.25) is 0 Å². The number of carbonyl (C=O) groups excluding carboxylic acids is 1. The van der Waals surface area contributed by atoms with Gasteiger partial charge in [0, 0.05) is 13.2 Å². The van der Waals surface area contributed by atoms with Gasteiger partial charge in [0.15, 0.2) is 0 Å². The SMILES string of the molecule is CC(CCO)CNC(=O)Cn1cncn1. The second-order valence-electron chi connectivity index (χ2n) is 3.51. The van der Waals surface area contributed by atoms with Crippen molar-refractivity contribution in [1.29, 1.82) is 0 Å². The number of aliphatic hydroxyl groups is 1. The Kier molecular flexibility index (Phi) is 4.76. The molecule has 1 unspecified atom stereocenters. The summed E-state index contributed by atoms with van der Waals surface area (Å²) in [5.74, 6) is 0.194. The highest BCUT2D eigenvalue weighted by molar-refractivity contribution is 5.75. The third kappa shape index (κ3) is 4.55. The van der Waals surface area contributed by atoms with Crippen molar-refractivity contribution < 1.29 is 9.90 Å². The summed E-state index contributed by atoms with van der Waals surface area (Å²) < 4.78 is 1.46. The molecular weight excluding hydrogens is 196 g/mol. The van der Waals surface area contributed by atoms with Crippen LogP contribution in [0.3, 0.4) is 0 Å². The smallest absolute Gasteiger partial charge is 0.241 e. The van der Waals surface area contributed by atoms with E-state index in [1.54, 1.807) is 0 Å². The Morgan fingerprint density at radius 2 is 2.47 bits per heavy atom. The van der Waals surface area contributed by atoms with E-state index in [2.05, 4.69) is 15.4 Å². The molecule has 2 N–H and O–H groups in total. The van der Waals surface area contributed by atoms with Crippen molar-refractivity contribution in [2.75, 3.05) is 13.2 Å². The minimum Gasteiger partial charge on any atom is -0.396 e. The van der Waals surface area contributed by atoms with Crippen LogP contribution in [0.1, 0.15) is 13.3 Å². The Balaban J connectivity index is 2.19. The van der Waals surface area contributed by atoms with Crippen molar-refractivity contribution >= 4 is 5.91 Å². The molecule has 1 aromatic heterocycles. The van der Waals surface area contributed by atoms with Crippen molar-refractivity contribution in [3.8, 4) is 0 Å². The molecule has 1 aromatic rings. The Morgan fingerprint density at radius 3 is 3.07 bits per heavy atom. The molecule has 0 aliphatic rings. The van der Waals surface area contributed by atoms with E-state index in [1.165, 1.54) is 17.3 Å². The van der Waals surface area contributed by atoms with Crippen LogP contribution >= 0.6 is 0 Å². The van der Waals surface area contributed by atoms with Crippen molar-refractivity contribution in [2.24, 2.45) is 5.92 Å². The number of rotatable bonds is 6. The van der Waals surface area contributed by atoms with Crippen LogP contribution in [0.15, 0.2) is 12.7 Å². The van der Waals surface area contributed by atoms with Crippen LogP contribution in [0, 0.1) is 5.92 Å². The zero-order valence-electron chi connectivity index (χ0n) is 8.76. The number of hydrogen-bond acceptors (Lipinski definition) is 4. The van der Waals surface area contributed by atoms with Gasteiger partial charge in [-0.25, -0.2) is 9.67 Å². The molecule has 1 amide bonds. The van der Waals surface area contributed by atoms with E-state index >= 15 is 0 Å². The molecule has 1 heterocycles. The summed E-state index contributed by atoms with van der Waals surface area (Å²) in [6, 6.07) is 0. The summed E-state index contributed by atoms with van der Waals surface area (Å²) in [5.41, 5.74) is 0. The molecule has 1 rings (SSSR count). The Morgan fingerprint density at radius 1 is 1.67 bits per heavy atom. The Labute approximate surface area is 88.3 Å². The first-order valence-electron chi connectivity index (χ1n) is 4.92. The summed E-state index contributed by atoms with van der Waals surface area (Å²) >= 11 is 0. The lowest BCUT2D eigenvalue weighted by Gasteiger charge is -2.10. The molecule has 1 atom stereocenters. The van der Waals surface area contributed by atoms with E-state index in [0.717, 1.165) is 0 Å². The van der Waals surface area contributed by atoms with Crippen LogP contribution in [0.5, 0.6) is 0 Å². The van der Waals surface area contributed by atoms with Crippen molar-refractivity contribution in [2.45, 2.75) is 19.9 Å². The molecule has 0 aliphatic heterocycles. The lowest BCUT2D eigenvalue weighted by atomic mass is 10.1. The fourth-order valence-electron chi connectivity index (χ4n) is 1.13. The lowest BCUT2D eigenvalue weighted by molar-refractivity contribution is -0.122. The molecule has 0 saturated carbocycles. The third-order valence-electron chi connectivity index (χ3n) is 2.04. The predicted octanol–water partition coefficient (Wildman–Crippen LogP) is -0.587. The van der Waals surface area contributed by atoms with E-state index < -0.39 is 0 Å². The molecular formula is C9H16N4O2. The number of carbonyl (C=O) groups is 1. The summed E-state index contributed by atoms with van der Waals surface area (Å²) in [6.07, 6.45) is 3.59. The van der Waals surface area contributed by atoms with E-state index in [0.29, 0.717) is 13.0 Å². The number of aliphatic hydroxyl groups excluding tert-OH is 1. The molecule has 0 aliphatic carbocycles. The molecule has 0 radical (unpaired) electrons. The topological polar surface area (TPSA) is 80.0 Å². The zero-order chi connectivity index (χ0) is 11.1. The number of aromatic nitrogens is 3. The average molecular weight is 212 g/mol. The van der Waals surface area contributed by atoms with Gasteiger partial charge in [-0.2, -0.15) is 5.10 Å². The standard InChI is InChI=1S/C9H16N4O2/c1-8(2-3-14)4-11-9(15)5-13-7-10-6-12-13/h6-8,14H,2-5H2,1H3,(H,11,15). The molecule has 0 bridgehead atoms. The first-order valence-corrected chi connectivity index (χ1v) is 4.92. The minimum absolute atomic E-state index is 0.0923. The van der Waals surface area contributed by atoms with Gasteiger partial charge in [-0.1, -0.05) is 6.92 Å². The minimum atomic E-state index is -0.0923. The zero-order valence-corrected chi connectivity index (χ0v) is 8.76. The van der Waals surface area contributed by atoms with Gasteiger partial charge in [-0.15, -0.1) is 0 Å². The first kappa shape index (κ1) is 11.6. The third-order valence-corrected chi connectivity index (χ3v) is 2.04. The number of nitrogens with one attached hydrogen (secondary N) is 1. The van der Waals surface area contributed by atoms with Crippen molar-refractivity contribution in [3.05, 3.63) is 12.7 Å². The van der Waals surface area contributed by atoms with Crippen LogP contribution < -0.4 is 5.32 Å². The fraction of sp³-hybridized carbons (Fsp3) is 0.667. The second kappa shape index (κ2) is 6.13. The van der Waals surface area contributed by atoms with Crippen LogP contribution in [-0.4, -0.2) is 38.9 Å². The van der Waals surface area contributed by atoms with Gasteiger partial charge in [-0.05, 0) is 12.3 Å². The van der Waals surface area contributed by atoms with Gasteiger partial charge in [0.05, 0.1) is 0 Å². The normalized spacial score (nSPS) is 12.4. The van der Waals surface area contributed by atoms with E-state index in [9.17, 15) is 4.79 Å². The maximum Gasteiger partial charge on any atom is 0.241 e. The van der Waals surface area contributed by atoms with E-state index in [4.69, 9.17) is 5.11 Å². The van der Waals surface area contributed by atoms with Gasteiger partial charge < -0.3 is 10.4 Å². The maximum absolute atomic E-state index is 11.4. The van der Waals surface area contributed by atoms with Crippen LogP contribution in [0.4, 0.5) is 0 Å². The van der Waals surface area contributed by atoms with Gasteiger partial charge in [0.1, 0.15) is 19.2 Å². The Hall–Kier alpha value is -1.43. The molecule has 0 saturated heterocycles. The predicted molar refractivity (Wildman–Crippen MR) is 53.9 cm³/mol. The highest BCUT2D eigenvalue weighted by Crippen LogP contribution is 1.97. The van der Waals surface area contributed by atoms with E-state index in [-0.39, 0.29) is 25.0 Å². The van der Waals surface area contributed by atoms with Crippen LogP contribution in [-0.2, 0) is 11.3 Å². The molecule has 15 heavy (non-hydrogen) atoms. The number of nitrogens with zero attached hydrogens (tertiary/aromatic N) is 3. The second-order valence-corrected chi connectivity index (χ2v) is 3.51. The number of amides is 1. The molecule has 6 nitrogen and oxygen atoms in total. The fourth-order valence-corrected chi connectivity index (χ4v) is 1.13. The monoisotopic (exact) mass is 212 g/mol. The Bertz CT molecular complexity index is 286. The average Bonchev–Trinajstić information content (AvgIpc) is 2.68. The highest BCUT2D eigenvalue weighted by atomic mass is 16.3. The van der Waals surface area contributed by atoms with Crippen molar-refractivity contribution in [1.82, 2.24) is 20.1 Å². The molecule has 6 heteroatoms. The largest absolute Gasteiger partial charge is 0.396 e. The molecule has 0 spiro atoms. The van der Waals surface area contributed by atoms with Crippen LogP contribution in [0.25, 0.3) is 0 Å². The quantitative estimate of drug-likeness (QED) is 0.660. The van der Waals surface area contributed by atoms with Gasteiger partial charge in [-0.3, -0.25) is 4.79 Å². The molecule has 0 fully saturated rings. The molecule has 84 valence electrons. The maximum atomic E-state index is 11.4.